The second-order valence-electron chi connectivity index (χ2n) is 4.12. The number of benzene rings is 2. The number of hydrogen-bond acceptors (Lipinski definition) is 3. The Morgan fingerprint density at radius 2 is 1.95 bits per heavy atom. The molecule has 0 spiro atoms. The van der Waals surface area contributed by atoms with E-state index in [0.29, 0.717) is 18.5 Å². The molecule has 2 aromatic rings. The number of amidine groups is 1. The summed E-state index contributed by atoms with van der Waals surface area (Å²) in [5.41, 5.74) is 5.96. The molecule has 0 bridgehead atoms. The molecule has 5 nitrogen and oxygen atoms in total. The first-order valence-corrected chi connectivity index (χ1v) is 5.94. The number of nitrogens with one attached hydrogen (secondary N) is 1. The van der Waals surface area contributed by atoms with Crippen LogP contribution in [0.4, 0.5) is 0 Å². The van der Waals surface area contributed by atoms with E-state index in [4.69, 9.17) is 10.9 Å². The smallest absolute Gasteiger partial charge is 0.251 e. The third kappa shape index (κ3) is 3.01. The predicted molar refractivity (Wildman–Crippen MR) is 74.3 cm³/mol. The van der Waals surface area contributed by atoms with Gasteiger partial charge in [0.2, 0.25) is 0 Å². The molecule has 1 amide bonds. The fourth-order valence-corrected chi connectivity index (χ4v) is 1.87. The fourth-order valence-electron chi connectivity index (χ4n) is 1.87. The Morgan fingerprint density at radius 1 is 1.21 bits per heavy atom. The van der Waals surface area contributed by atoms with Crippen molar-refractivity contribution in [3.8, 4) is 0 Å². The van der Waals surface area contributed by atoms with Crippen molar-refractivity contribution in [1.29, 1.82) is 0 Å². The molecule has 0 aliphatic carbocycles. The van der Waals surface area contributed by atoms with Crippen LogP contribution in [0.25, 0.3) is 10.8 Å². The molecule has 0 aliphatic heterocycles. The van der Waals surface area contributed by atoms with E-state index in [9.17, 15) is 4.79 Å². The maximum absolute atomic E-state index is 12.1. The SMILES string of the molecule is NC(CCNC(=O)c1cccc2ccccc12)=NO. The minimum Gasteiger partial charge on any atom is -0.409 e. The lowest BCUT2D eigenvalue weighted by Crippen LogP contribution is -2.28. The first-order chi connectivity index (χ1) is 9.22. The van der Waals surface area contributed by atoms with Gasteiger partial charge in [-0.05, 0) is 16.8 Å². The number of carbonyl (C=O) groups excluding carboxylic acids is 1. The number of oxime groups is 1. The molecule has 0 heterocycles. The van der Waals surface area contributed by atoms with Crippen LogP contribution in [0.2, 0.25) is 0 Å². The van der Waals surface area contributed by atoms with Crippen molar-refractivity contribution in [3.05, 3.63) is 48.0 Å². The summed E-state index contributed by atoms with van der Waals surface area (Å²) >= 11 is 0. The first kappa shape index (κ1) is 12.9. The average Bonchev–Trinajstić information content (AvgIpc) is 2.46. The molecular weight excluding hydrogens is 242 g/mol. The van der Waals surface area contributed by atoms with E-state index >= 15 is 0 Å². The van der Waals surface area contributed by atoms with Gasteiger partial charge >= 0.3 is 0 Å². The van der Waals surface area contributed by atoms with Crippen LogP contribution in [0, 0.1) is 0 Å². The Hall–Kier alpha value is -2.56. The molecule has 19 heavy (non-hydrogen) atoms. The summed E-state index contributed by atoms with van der Waals surface area (Å²) in [5.74, 6) is -0.0687. The van der Waals surface area contributed by atoms with Crippen LogP contribution >= 0.6 is 0 Å². The minimum atomic E-state index is -0.164. The highest BCUT2D eigenvalue weighted by Crippen LogP contribution is 2.18. The minimum absolute atomic E-state index is 0.0956. The second-order valence-corrected chi connectivity index (χ2v) is 4.12. The van der Waals surface area contributed by atoms with E-state index in [2.05, 4.69) is 10.5 Å². The first-order valence-electron chi connectivity index (χ1n) is 5.94. The van der Waals surface area contributed by atoms with Crippen LogP contribution in [0.5, 0.6) is 0 Å². The Kier molecular flexibility index (Phi) is 3.97. The second kappa shape index (κ2) is 5.86. The highest BCUT2D eigenvalue weighted by atomic mass is 16.4. The van der Waals surface area contributed by atoms with Crippen LogP contribution in [0.3, 0.4) is 0 Å². The summed E-state index contributed by atoms with van der Waals surface area (Å²) in [6.07, 6.45) is 0.313. The van der Waals surface area contributed by atoms with Gasteiger partial charge in [0, 0.05) is 18.5 Å². The molecule has 0 saturated heterocycles. The topological polar surface area (TPSA) is 87.7 Å². The van der Waals surface area contributed by atoms with Crippen molar-refractivity contribution in [2.45, 2.75) is 6.42 Å². The molecule has 2 aromatic carbocycles. The molecule has 0 fully saturated rings. The molecule has 0 aliphatic rings. The predicted octanol–water partition coefficient (Wildman–Crippen LogP) is 1.71. The van der Waals surface area contributed by atoms with Gasteiger partial charge in [0.1, 0.15) is 5.84 Å². The summed E-state index contributed by atoms with van der Waals surface area (Å²) in [5, 5.41) is 15.9. The number of amides is 1. The maximum atomic E-state index is 12.1. The van der Waals surface area contributed by atoms with E-state index in [1.807, 2.05) is 36.4 Å². The van der Waals surface area contributed by atoms with Crippen molar-refractivity contribution in [3.63, 3.8) is 0 Å². The summed E-state index contributed by atoms with van der Waals surface area (Å²) in [6, 6.07) is 13.3. The van der Waals surface area contributed by atoms with E-state index in [1.165, 1.54) is 0 Å². The van der Waals surface area contributed by atoms with Gasteiger partial charge in [-0.2, -0.15) is 0 Å². The summed E-state index contributed by atoms with van der Waals surface area (Å²) in [4.78, 5) is 12.1. The molecule has 0 aromatic heterocycles. The summed E-state index contributed by atoms with van der Waals surface area (Å²) in [7, 11) is 0. The number of fused-ring (bicyclic) bond motifs is 1. The molecule has 0 radical (unpaired) electrons. The van der Waals surface area contributed by atoms with Gasteiger partial charge in [-0.3, -0.25) is 4.79 Å². The van der Waals surface area contributed by atoms with E-state index in [-0.39, 0.29) is 11.7 Å². The Morgan fingerprint density at radius 3 is 2.74 bits per heavy atom. The molecule has 98 valence electrons. The summed E-state index contributed by atoms with van der Waals surface area (Å²) in [6.45, 7) is 0.331. The quantitative estimate of drug-likeness (QED) is 0.337. The molecule has 0 atom stereocenters. The maximum Gasteiger partial charge on any atom is 0.251 e. The number of nitrogens with zero attached hydrogens (tertiary/aromatic N) is 1. The molecule has 0 saturated carbocycles. The molecular formula is C14H15N3O2. The van der Waals surface area contributed by atoms with Crippen LogP contribution in [0.1, 0.15) is 16.8 Å². The zero-order valence-electron chi connectivity index (χ0n) is 10.3. The van der Waals surface area contributed by atoms with Crippen molar-refractivity contribution in [2.75, 3.05) is 6.54 Å². The number of carbonyl (C=O) groups is 1. The monoisotopic (exact) mass is 257 g/mol. The lowest BCUT2D eigenvalue weighted by Gasteiger charge is -2.07. The van der Waals surface area contributed by atoms with Gasteiger partial charge in [-0.25, -0.2) is 0 Å². The van der Waals surface area contributed by atoms with Crippen molar-refractivity contribution in [1.82, 2.24) is 5.32 Å². The van der Waals surface area contributed by atoms with Gasteiger partial charge in [-0.1, -0.05) is 41.6 Å². The van der Waals surface area contributed by atoms with E-state index < -0.39 is 0 Å². The van der Waals surface area contributed by atoms with Crippen LogP contribution in [0.15, 0.2) is 47.6 Å². The standard InChI is InChI=1S/C14H15N3O2/c15-13(17-19)8-9-16-14(18)12-7-3-5-10-4-1-2-6-11(10)12/h1-7,19H,8-9H2,(H2,15,17)(H,16,18). The number of hydrogen-bond donors (Lipinski definition) is 3. The Bertz CT molecular complexity index is 618. The summed E-state index contributed by atoms with van der Waals surface area (Å²) < 4.78 is 0. The Labute approximate surface area is 110 Å². The number of rotatable bonds is 4. The lowest BCUT2D eigenvalue weighted by atomic mass is 10.0. The highest BCUT2D eigenvalue weighted by molar-refractivity contribution is 6.07. The lowest BCUT2D eigenvalue weighted by molar-refractivity contribution is 0.0956. The van der Waals surface area contributed by atoms with Gasteiger partial charge < -0.3 is 16.3 Å². The zero-order chi connectivity index (χ0) is 13.7. The van der Waals surface area contributed by atoms with Crippen LogP contribution in [-0.4, -0.2) is 23.5 Å². The van der Waals surface area contributed by atoms with Crippen molar-refractivity contribution < 1.29 is 10.0 Å². The Balaban J connectivity index is 2.13. The van der Waals surface area contributed by atoms with Crippen LogP contribution < -0.4 is 11.1 Å². The molecule has 0 unspecified atom stereocenters. The van der Waals surface area contributed by atoms with Crippen molar-refractivity contribution in [2.24, 2.45) is 10.9 Å². The third-order valence-electron chi connectivity index (χ3n) is 2.83. The largest absolute Gasteiger partial charge is 0.409 e. The normalized spacial score (nSPS) is 11.5. The van der Waals surface area contributed by atoms with Gasteiger partial charge in [0.15, 0.2) is 0 Å². The third-order valence-corrected chi connectivity index (χ3v) is 2.83. The fraction of sp³-hybridized carbons (Fsp3) is 0.143. The average molecular weight is 257 g/mol. The van der Waals surface area contributed by atoms with Gasteiger partial charge in [0.05, 0.1) is 0 Å². The van der Waals surface area contributed by atoms with Gasteiger partial charge in [-0.15, -0.1) is 0 Å². The van der Waals surface area contributed by atoms with E-state index in [1.54, 1.807) is 6.07 Å². The highest BCUT2D eigenvalue weighted by Gasteiger charge is 2.08. The van der Waals surface area contributed by atoms with Gasteiger partial charge in [0.25, 0.3) is 5.91 Å². The molecule has 5 heteroatoms. The van der Waals surface area contributed by atoms with Crippen molar-refractivity contribution >= 4 is 22.5 Å². The molecule has 4 N–H and O–H groups in total. The molecule has 2 rings (SSSR count). The van der Waals surface area contributed by atoms with E-state index in [0.717, 1.165) is 10.8 Å². The van der Waals surface area contributed by atoms with Crippen LogP contribution in [-0.2, 0) is 0 Å². The zero-order valence-corrected chi connectivity index (χ0v) is 10.3. The number of nitrogens with two attached hydrogens (primary N) is 1.